The van der Waals surface area contributed by atoms with Crippen molar-refractivity contribution in [3.63, 3.8) is 0 Å². The molecule has 0 unspecified atom stereocenters. The fourth-order valence-electron chi connectivity index (χ4n) is 5.54. The van der Waals surface area contributed by atoms with E-state index in [2.05, 4.69) is 5.32 Å². The summed E-state index contributed by atoms with van der Waals surface area (Å²) in [6, 6.07) is 23.9. The predicted molar refractivity (Wildman–Crippen MR) is 164 cm³/mol. The third-order valence-electron chi connectivity index (χ3n) is 7.72. The maximum atomic E-state index is 14.2. The lowest BCUT2D eigenvalue weighted by Gasteiger charge is -2.35. The molecule has 0 bridgehead atoms. The first kappa shape index (κ1) is 30.3. The highest BCUT2D eigenvalue weighted by atomic mass is 32.2. The molecule has 0 spiro atoms. The van der Waals surface area contributed by atoms with E-state index < -0.39 is 28.5 Å². The minimum Gasteiger partial charge on any atom is -0.352 e. The lowest BCUT2D eigenvalue weighted by Crippen LogP contribution is -2.55. The molecule has 41 heavy (non-hydrogen) atoms. The molecule has 1 aliphatic rings. The Morgan fingerprint density at radius 2 is 1.54 bits per heavy atom. The standard InChI is InChI=1S/C33H41N3O4S/c1-25-13-12-17-28(21-25)23-35(32(37)24-36(41(3,39)40)30-20-11-10-14-26(30)2)31(22-27-15-6-4-7-16-27)33(38)34-29-18-8-5-9-19-29/h4,6-7,10-17,20-21,29,31H,5,8-9,18-19,22-24H2,1-3H3,(H,34,38)/t31-/m0/s1. The van der Waals surface area contributed by atoms with Crippen molar-refractivity contribution in [1.82, 2.24) is 10.2 Å². The zero-order chi connectivity index (χ0) is 29.4. The van der Waals surface area contributed by atoms with Gasteiger partial charge in [0.15, 0.2) is 0 Å². The third-order valence-corrected chi connectivity index (χ3v) is 8.85. The van der Waals surface area contributed by atoms with E-state index in [0.717, 1.165) is 64.9 Å². The van der Waals surface area contributed by atoms with Crippen LogP contribution in [-0.4, -0.2) is 50.0 Å². The highest BCUT2D eigenvalue weighted by molar-refractivity contribution is 7.92. The van der Waals surface area contributed by atoms with Crippen LogP contribution in [0, 0.1) is 13.8 Å². The number of carbonyl (C=O) groups is 2. The summed E-state index contributed by atoms with van der Waals surface area (Å²) in [5.41, 5.74) is 4.04. The van der Waals surface area contributed by atoms with Crippen LogP contribution in [0.15, 0.2) is 78.9 Å². The second kappa shape index (κ2) is 13.8. The van der Waals surface area contributed by atoms with Crippen molar-refractivity contribution >= 4 is 27.5 Å². The Labute approximate surface area is 244 Å². The molecule has 218 valence electrons. The molecule has 8 heteroatoms. The number of anilines is 1. The van der Waals surface area contributed by atoms with Gasteiger partial charge in [-0.1, -0.05) is 97.6 Å². The van der Waals surface area contributed by atoms with Gasteiger partial charge in [-0.05, 0) is 49.4 Å². The molecule has 1 atom stereocenters. The van der Waals surface area contributed by atoms with E-state index in [1.807, 2.05) is 80.6 Å². The normalized spacial score (nSPS) is 14.7. The molecule has 1 fully saturated rings. The van der Waals surface area contributed by atoms with Gasteiger partial charge in [-0.15, -0.1) is 0 Å². The maximum Gasteiger partial charge on any atom is 0.244 e. The summed E-state index contributed by atoms with van der Waals surface area (Å²) in [5.74, 6) is -0.636. The van der Waals surface area contributed by atoms with E-state index in [1.54, 1.807) is 17.0 Å². The lowest BCUT2D eigenvalue weighted by molar-refractivity contribution is -0.140. The minimum atomic E-state index is -3.79. The third kappa shape index (κ3) is 8.43. The summed E-state index contributed by atoms with van der Waals surface area (Å²) in [7, 11) is -3.79. The van der Waals surface area contributed by atoms with Gasteiger partial charge in [-0.2, -0.15) is 0 Å². The second-order valence-corrected chi connectivity index (χ2v) is 13.0. The van der Waals surface area contributed by atoms with Crippen molar-refractivity contribution in [3.05, 3.63) is 101 Å². The van der Waals surface area contributed by atoms with Crippen LogP contribution in [0.4, 0.5) is 5.69 Å². The molecule has 1 aliphatic carbocycles. The average molecular weight is 576 g/mol. The number of aryl methyl sites for hydroxylation is 2. The molecule has 7 nitrogen and oxygen atoms in total. The zero-order valence-electron chi connectivity index (χ0n) is 24.3. The summed E-state index contributed by atoms with van der Waals surface area (Å²) in [6.45, 7) is 3.58. The van der Waals surface area contributed by atoms with Crippen LogP contribution in [0.3, 0.4) is 0 Å². The Morgan fingerprint density at radius 1 is 0.878 bits per heavy atom. The predicted octanol–water partition coefficient (Wildman–Crippen LogP) is 5.16. The van der Waals surface area contributed by atoms with Crippen molar-refractivity contribution in [3.8, 4) is 0 Å². The fraction of sp³-hybridized carbons (Fsp3) is 0.394. The SMILES string of the molecule is Cc1cccc(CN(C(=O)CN(c2ccccc2C)S(C)(=O)=O)[C@@H](Cc2ccccc2)C(=O)NC2CCCCC2)c1. The monoisotopic (exact) mass is 575 g/mol. The highest BCUT2D eigenvalue weighted by Gasteiger charge is 2.34. The number of carbonyl (C=O) groups excluding carboxylic acids is 2. The van der Waals surface area contributed by atoms with Crippen molar-refractivity contribution in [1.29, 1.82) is 0 Å². The van der Waals surface area contributed by atoms with Crippen molar-refractivity contribution in [2.75, 3.05) is 17.1 Å². The van der Waals surface area contributed by atoms with Crippen LogP contribution >= 0.6 is 0 Å². The van der Waals surface area contributed by atoms with Crippen LogP contribution in [0.5, 0.6) is 0 Å². The topological polar surface area (TPSA) is 86.8 Å². The Balaban J connectivity index is 1.73. The van der Waals surface area contributed by atoms with Crippen LogP contribution in [0.2, 0.25) is 0 Å². The van der Waals surface area contributed by atoms with Gasteiger partial charge < -0.3 is 10.2 Å². The zero-order valence-corrected chi connectivity index (χ0v) is 25.1. The number of nitrogens with zero attached hydrogens (tertiary/aromatic N) is 2. The molecule has 0 saturated heterocycles. The number of benzene rings is 3. The number of sulfonamides is 1. The van der Waals surface area contributed by atoms with Crippen molar-refractivity contribution < 1.29 is 18.0 Å². The van der Waals surface area contributed by atoms with Gasteiger partial charge in [-0.3, -0.25) is 13.9 Å². The lowest BCUT2D eigenvalue weighted by atomic mass is 9.94. The van der Waals surface area contributed by atoms with Crippen molar-refractivity contribution in [2.45, 2.75) is 71.0 Å². The number of para-hydroxylation sites is 1. The Kier molecular flexibility index (Phi) is 10.2. The molecule has 1 N–H and O–H groups in total. The smallest absolute Gasteiger partial charge is 0.244 e. The maximum absolute atomic E-state index is 14.2. The van der Waals surface area contributed by atoms with Crippen molar-refractivity contribution in [2.24, 2.45) is 0 Å². The van der Waals surface area contributed by atoms with Gasteiger partial charge in [0.05, 0.1) is 11.9 Å². The van der Waals surface area contributed by atoms with Crippen LogP contribution < -0.4 is 9.62 Å². The average Bonchev–Trinajstić information content (AvgIpc) is 2.94. The summed E-state index contributed by atoms with van der Waals surface area (Å²) in [5, 5.41) is 3.23. The molecule has 4 rings (SSSR count). The first-order valence-corrected chi connectivity index (χ1v) is 16.2. The fourth-order valence-corrected chi connectivity index (χ4v) is 6.45. The number of hydrogen-bond donors (Lipinski definition) is 1. The molecule has 3 aromatic carbocycles. The molecule has 2 amide bonds. The first-order chi connectivity index (χ1) is 19.6. The minimum absolute atomic E-state index is 0.0740. The number of hydrogen-bond acceptors (Lipinski definition) is 4. The summed E-state index contributed by atoms with van der Waals surface area (Å²) >= 11 is 0. The number of amides is 2. The van der Waals surface area contributed by atoms with Gasteiger partial charge in [0.2, 0.25) is 21.8 Å². The molecule has 0 aliphatic heterocycles. The van der Waals surface area contributed by atoms with Crippen LogP contribution in [0.1, 0.15) is 54.4 Å². The number of nitrogens with one attached hydrogen (secondary N) is 1. The van der Waals surface area contributed by atoms with Gasteiger partial charge in [0.25, 0.3) is 0 Å². The Bertz CT molecular complexity index is 1440. The summed E-state index contributed by atoms with van der Waals surface area (Å²) in [6.07, 6.45) is 6.57. The van der Waals surface area contributed by atoms with Gasteiger partial charge >= 0.3 is 0 Å². The van der Waals surface area contributed by atoms with E-state index in [0.29, 0.717) is 12.1 Å². The summed E-state index contributed by atoms with van der Waals surface area (Å²) < 4.78 is 27.1. The Hall–Kier alpha value is -3.65. The molecule has 0 radical (unpaired) electrons. The van der Waals surface area contributed by atoms with E-state index in [4.69, 9.17) is 0 Å². The van der Waals surface area contributed by atoms with Crippen LogP contribution in [0.25, 0.3) is 0 Å². The van der Waals surface area contributed by atoms with E-state index in [9.17, 15) is 18.0 Å². The number of rotatable bonds is 11. The van der Waals surface area contributed by atoms with E-state index in [1.165, 1.54) is 0 Å². The largest absolute Gasteiger partial charge is 0.352 e. The first-order valence-electron chi connectivity index (χ1n) is 14.3. The van der Waals surface area contributed by atoms with Crippen LogP contribution in [-0.2, 0) is 32.6 Å². The van der Waals surface area contributed by atoms with E-state index >= 15 is 0 Å². The quantitative estimate of drug-likeness (QED) is 0.342. The van der Waals surface area contributed by atoms with Gasteiger partial charge in [-0.25, -0.2) is 8.42 Å². The molecule has 3 aromatic rings. The Morgan fingerprint density at radius 3 is 2.20 bits per heavy atom. The van der Waals surface area contributed by atoms with Gasteiger partial charge in [0, 0.05) is 19.0 Å². The highest BCUT2D eigenvalue weighted by Crippen LogP contribution is 2.24. The van der Waals surface area contributed by atoms with Gasteiger partial charge in [0.1, 0.15) is 12.6 Å². The molecule has 0 aromatic heterocycles. The molecule has 0 heterocycles. The van der Waals surface area contributed by atoms with E-state index in [-0.39, 0.29) is 18.5 Å². The second-order valence-electron chi connectivity index (χ2n) is 11.1. The molecule has 1 saturated carbocycles. The summed E-state index contributed by atoms with van der Waals surface area (Å²) in [4.78, 5) is 29.8. The molecular weight excluding hydrogens is 534 g/mol. The molecular formula is C33H41N3O4S.